The van der Waals surface area contributed by atoms with Gasteiger partial charge in [0.15, 0.2) is 0 Å². The van der Waals surface area contributed by atoms with Gasteiger partial charge >= 0.3 is 6.03 Å². The van der Waals surface area contributed by atoms with E-state index in [1.807, 2.05) is 38.1 Å². The van der Waals surface area contributed by atoms with Crippen LogP contribution < -0.4 is 11.1 Å². The largest absolute Gasteiger partial charge is 0.344 e. The van der Waals surface area contributed by atoms with E-state index in [1.54, 1.807) is 7.05 Å². The second kappa shape index (κ2) is 7.31. The molecular formula is C20H28N4O3. The fourth-order valence-corrected chi connectivity index (χ4v) is 3.79. The predicted octanol–water partition coefficient (Wildman–Crippen LogP) is 1.21. The van der Waals surface area contributed by atoms with Crippen LogP contribution in [0.5, 0.6) is 0 Å². The van der Waals surface area contributed by atoms with Crippen molar-refractivity contribution in [3.05, 3.63) is 35.4 Å². The van der Waals surface area contributed by atoms with Crippen LogP contribution in [0, 0.1) is 5.92 Å². The first-order chi connectivity index (χ1) is 12.8. The van der Waals surface area contributed by atoms with Gasteiger partial charge in [0, 0.05) is 19.6 Å². The molecule has 2 unspecified atom stereocenters. The summed E-state index contributed by atoms with van der Waals surface area (Å²) in [7, 11) is 1.68. The topological polar surface area (TPSA) is 95.7 Å². The number of nitrogens with two attached hydrogens (primary N) is 1. The number of rotatable bonds is 6. The van der Waals surface area contributed by atoms with Gasteiger partial charge in [0.05, 0.1) is 0 Å². The molecule has 7 nitrogen and oxygen atoms in total. The Bertz CT molecular complexity index is 763. The number of amides is 4. The molecule has 1 saturated heterocycles. The first-order valence-electron chi connectivity index (χ1n) is 9.48. The number of aryl methyl sites for hydroxylation is 1. The first kappa shape index (κ1) is 19.4. The number of fused-ring (bicyclic) bond motifs is 2. The lowest BCUT2D eigenvalue weighted by molar-refractivity contribution is -0.138. The summed E-state index contributed by atoms with van der Waals surface area (Å²) >= 11 is 0. The van der Waals surface area contributed by atoms with Gasteiger partial charge in [-0.2, -0.15) is 0 Å². The number of likely N-dealkylation sites (N-methyl/N-ethyl adjacent to an activating group) is 1. The maximum Gasteiger partial charge on any atom is 0.325 e. The van der Waals surface area contributed by atoms with Gasteiger partial charge in [0.1, 0.15) is 12.1 Å². The van der Waals surface area contributed by atoms with Gasteiger partial charge in [-0.05, 0) is 36.3 Å². The number of hydrogen-bond donors (Lipinski definition) is 2. The second-order valence-corrected chi connectivity index (χ2v) is 7.90. The molecule has 0 aromatic heterocycles. The average molecular weight is 372 g/mol. The molecule has 1 aliphatic carbocycles. The van der Waals surface area contributed by atoms with Gasteiger partial charge in [0.2, 0.25) is 5.91 Å². The van der Waals surface area contributed by atoms with E-state index in [-0.39, 0.29) is 24.4 Å². The number of hydrogen-bond acceptors (Lipinski definition) is 4. The Morgan fingerprint density at radius 1 is 1.33 bits per heavy atom. The van der Waals surface area contributed by atoms with Crippen LogP contribution in [0.4, 0.5) is 4.79 Å². The highest BCUT2D eigenvalue weighted by molar-refractivity contribution is 6.09. The molecule has 0 radical (unpaired) electrons. The van der Waals surface area contributed by atoms with Gasteiger partial charge in [0.25, 0.3) is 5.91 Å². The van der Waals surface area contributed by atoms with Crippen LogP contribution in [0.15, 0.2) is 24.3 Å². The highest BCUT2D eigenvalue weighted by Crippen LogP contribution is 2.41. The molecule has 7 heteroatoms. The smallest absolute Gasteiger partial charge is 0.325 e. The standard InChI is InChI=1S/C20H28N4O3/c1-13(2)16(21)9-11-23(3)17(25)12-24-18(26)20(22-19(24)27)10-8-14-6-4-5-7-15(14)20/h4-7,13,16H,8-12,21H2,1-3H3,(H,22,27). The Balaban J connectivity index is 1.67. The van der Waals surface area contributed by atoms with E-state index >= 15 is 0 Å². The minimum atomic E-state index is -1.02. The Kier molecular flexibility index (Phi) is 5.24. The molecule has 1 aliphatic heterocycles. The number of carbonyl (C=O) groups is 3. The van der Waals surface area contributed by atoms with Gasteiger partial charge in [-0.3, -0.25) is 14.5 Å². The molecule has 3 N–H and O–H groups in total. The number of urea groups is 1. The second-order valence-electron chi connectivity index (χ2n) is 7.90. The molecule has 146 valence electrons. The highest BCUT2D eigenvalue weighted by atomic mass is 16.2. The van der Waals surface area contributed by atoms with Crippen LogP contribution in [-0.4, -0.2) is 53.8 Å². The van der Waals surface area contributed by atoms with Crippen LogP contribution >= 0.6 is 0 Å². The van der Waals surface area contributed by atoms with E-state index in [0.717, 1.165) is 22.4 Å². The quantitative estimate of drug-likeness (QED) is 0.734. The van der Waals surface area contributed by atoms with Crippen molar-refractivity contribution in [2.75, 3.05) is 20.1 Å². The van der Waals surface area contributed by atoms with Crippen LogP contribution in [-0.2, 0) is 21.5 Å². The highest BCUT2D eigenvalue weighted by Gasteiger charge is 2.55. The van der Waals surface area contributed by atoms with E-state index in [9.17, 15) is 14.4 Å². The minimum absolute atomic E-state index is 0.00947. The molecule has 27 heavy (non-hydrogen) atoms. The van der Waals surface area contributed by atoms with Crippen LogP contribution in [0.25, 0.3) is 0 Å². The summed E-state index contributed by atoms with van der Waals surface area (Å²) in [5.41, 5.74) is 6.92. The van der Waals surface area contributed by atoms with Crippen LogP contribution in [0.2, 0.25) is 0 Å². The zero-order valence-electron chi connectivity index (χ0n) is 16.2. The van der Waals surface area contributed by atoms with E-state index in [0.29, 0.717) is 25.3 Å². The molecule has 2 atom stereocenters. The third-order valence-corrected chi connectivity index (χ3v) is 5.80. The van der Waals surface area contributed by atoms with Crippen LogP contribution in [0.1, 0.15) is 37.8 Å². The maximum absolute atomic E-state index is 13.1. The lowest BCUT2D eigenvalue weighted by Crippen LogP contribution is -2.44. The van der Waals surface area contributed by atoms with Crippen molar-refractivity contribution in [1.29, 1.82) is 0 Å². The molecule has 1 heterocycles. The fourth-order valence-electron chi connectivity index (χ4n) is 3.79. The monoisotopic (exact) mass is 372 g/mol. The van der Waals surface area contributed by atoms with E-state index < -0.39 is 11.6 Å². The van der Waals surface area contributed by atoms with Crippen molar-refractivity contribution in [1.82, 2.24) is 15.1 Å². The Labute approximate surface area is 159 Å². The van der Waals surface area contributed by atoms with Crippen LogP contribution in [0.3, 0.4) is 0 Å². The Morgan fingerprint density at radius 3 is 2.74 bits per heavy atom. The number of carbonyl (C=O) groups excluding carboxylic acids is 3. The van der Waals surface area contributed by atoms with E-state index in [1.165, 1.54) is 4.90 Å². The SMILES string of the molecule is CC(C)C(N)CCN(C)C(=O)CN1C(=O)NC2(CCc3ccccc32)C1=O. The van der Waals surface area contributed by atoms with Gasteiger partial charge in [-0.25, -0.2) is 4.79 Å². The lowest BCUT2D eigenvalue weighted by atomic mass is 9.92. The van der Waals surface area contributed by atoms with Crippen molar-refractivity contribution < 1.29 is 14.4 Å². The number of nitrogens with one attached hydrogen (secondary N) is 1. The van der Waals surface area contributed by atoms with Gasteiger partial charge in [-0.1, -0.05) is 38.1 Å². The van der Waals surface area contributed by atoms with Crippen molar-refractivity contribution in [2.45, 2.75) is 44.7 Å². The molecule has 0 bridgehead atoms. The predicted molar refractivity (Wildman–Crippen MR) is 102 cm³/mol. The maximum atomic E-state index is 13.1. The lowest BCUT2D eigenvalue weighted by Gasteiger charge is -2.24. The average Bonchev–Trinajstić information content (AvgIpc) is 3.13. The summed E-state index contributed by atoms with van der Waals surface area (Å²) in [5.74, 6) is -0.266. The molecule has 2 aliphatic rings. The molecule has 1 aromatic rings. The summed E-state index contributed by atoms with van der Waals surface area (Å²) in [6.45, 7) is 4.33. The van der Waals surface area contributed by atoms with E-state index in [2.05, 4.69) is 5.32 Å². The molecule has 1 fully saturated rings. The summed E-state index contributed by atoms with van der Waals surface area (Å²) in [4.78, 5) is 40.7. The number of nitrogens with zero attached hydrogens (tertiary/aromatic N) is 2. The van der Waals surface area contributed by atoms with Crippen molar-refractivity contribution in [3.8, 4) is 0 Å². The van der Waals surface area contributed by atoms with Gasteiger partial charge in [-0.15, -0.1) is 0 Å². The van der Waals surface area contributed by atoms with Gasteiger partial charge < -0.3 is 16.0 Å². The normalized spacial score (nSPS) is 22.3. The number of benzene rings is 1. The zero-order chi connectivity index (χ0) is 19.8. The number of imide groups is 1. The van der Waals surface area contributed by atoms with Crippen molar-refractivity contribution in [2.24, 2.45) is 11.7 Å². The van der Waals surface area contributed by atoms with Crippen molar-refractivity contribution in [3.63, 3.8) is 0 Å². The molecule has 1 aromatic carbocycles. The molecule has 1 spiro atoms. The zero-order valence-corrected chi connectivity index (χ0v) is 16.2. The fraction of sp³-hybridized carbons (Fsp3) is 0.550. The molecule has 4 amide bonds. The molecule has 3 rings (SSSR count). The molecular weight excluding hydrogens is 344 g/mol. The summed E-state index contributed by atoms with van der Waals surface area (Å²) < 4.78 is 0. The third-order valence-electron chi connectivity index (χ3n) is 5.80. The van der Waals surface area contributed by atoms with E-state index in [4.69, 9.17) is 5.73 Å². The minimum Gasteiger partial charge on any atom is -0.344 e. The first-order valence-corrected chi connectivity index (χ1v) is 9.48. The summed E-state index contributed by atoms with van der Waals surface area (Å²) in [6.07, 6.45) is 1.94. The molecule has 0 saturated carbocycles. The van der Waals surface area contributed by atoms with Crippen molar-refractivity contribution >= 4 is 17.8 Å². The Morgan fingerprint density at radius 2 is 2.04 bits per heavy atom. The summed E-state index contributed by atoms with van der Waals surface area (Å²) in [5, 5.41) is 2.84. The third kappa shape index (κ3) is 3.43. The Hall–Kier alpha value is -2.41. The summed E-state index contributed by atoms with van der Waals surface area (Å²) in [6, 6.07) is 7.16.